The number of hydrogen-bond donors (Lipinski definition) is 0. The van der Waals surface area contributed by atoms with E-state index in [1.165, 1.54) is 18.2 Å². The van der Waals surface area contributed by atoms with Crippen LogP contribution in [0.25, 0.3) is 11.3 Å². The molecule has 0 saturated carbocycles. The van der Waals surface area contributed by atoms with Crippen LogP contribution in [-0.4, -0.2) is 65.7 Å². The van der Waals surface area contributed by atoms with Crippen LogP contribution >= 0.6 is 0 Å². The molecule has 1 fully saturated rings. The maximum Gasteiger partial charge on any atom is 0.416 e. The summed E-state index contributed by atoms with van der Waals surface area (Å²) < 4.78 is 44.5. The molecule has 198 valence electrons. The number of rotatable bonds is 10. The Hall–Kier alpha value is -3.44. The summed E-state index contributed by atoms with van der Waals surface area (Å²) in [5.41, 5.74) is 0.849. The van der Waals surface area contributed by atoms with Crippen LogP contribution in [0.3, 0.4) is 0 Å². The first kappa shape index (κ1) is 26.6. The number of hydrogen-bond acceptors (Lipinski definition) is 7. The Bertz CT molecular complexity index is 1190. The third-order valence-corrected chi connectivity index (χ3v) is 6.62. The second-order valence-electron chi connectivity index (χ2n) is 9.05. The van der Waals surface area contributed by atoms with Gasteiger partial charge in [0.15, 0.2) is 5.76 Å². The van der Waals surface area contributed by atoms with Gasteiger partial charge in [-0.3, -0.25) is 19.9 Å². The molecule has 1 saturated heterocycles. The first-order valence-corrected chi connectivity index (χ1v) is 12.3. The molecule has 0 amide bonds. The number of alkyl halides is 3. The zero-order chi connectivity index (χ0) is 26.4. The van der Waals surface area contributed by atoms with Crippen LogP contribution in [0.4, 0.5) is 24.5 Å². The predicted octanol–water partition coefficient (Wildman–Crippen LogP) is 5.30. The average molecular weight is 518 g/mol. The fraction of sp³-hybridized carbons (Fsp3) is 0.423. The van der Waals surface area contributed by atoms with E-state index in [1.807, 2.05) is 4.90 Å². The van der Waals surface area contributed by atoms with Gasteiger partial charge in [0.1, 0.15) is 5.69 Å². The summed E-state index contributed by atoms with van der Waals surface area (Å²) in [5.74, 6) is 0.643. The van der Waals surface area contributed by atoms with Crippen molar-refractivity contribution in [3.63, 3.8) is 0 Å². The van der Waals surface area contributed by atoms with Gasteiger partial charge in [-0.2, -0.15) is 13.2 Å². The van der Waals surface area contributed by atoms with Crippen LogP contribution in [-0.2, 0) is 12.7 Å². The van der Waals surface area contributed by atoms with Crippen molar-refractivity contribution in [2.75, 3.05) is 50.7 Å². The van der Waals surface area contributed by atoms with Gasteiger partial charge in [0.05, 0.1) is 22.6 Å². The van der Waals surface area contributed by atoms with Crippen molar-refractivity contribution in [3.05, 3.63) is 76.0 Å². The van der Waals surface area contributed by atoms with Crippen LogP contribution in [0, 0.1) is 10.1 Å². The van der Waals surface area contributed by atoms with Gasteiger partial charge >= 0.3 is 6.18 Å². The number of para-hydroxylation sites is 1. The quantitative estimate of drug-likeness (QED) is 0.267. The van der Waals surface area contributed by atoms with E-state index in [0.717, 1.165) is 45.2 Å². The minimum Gasteiger partial charge on any atom is -0.369 e. The van der Waals surface area contributed by atoms with E-state index in [1.54, 1.807) is 30.3 Å². The van der Waals surface area contributed by atoms with Gasteiger partial charge in [0, 0.05) is 44.0 Å². The van der Waals surface area contributed by atoms with E-state index < -0.39 is 16.7 Å². The Morgan fingerprint density at radius 2 is 1.84 bits per heavy atom. The van der Waals surface area contributed by atoms with Crippen molar-refractivity contribution in [2.45, 2.75) is 26.1 Å². The van der Waals surface area contributed by atoms with Gasteiger partial charge in [-0.15, -0.1) is 0 Å². The first-order valence-electron chi connectivity index (χ1n) is 12.3. The van der Waals surface area contributed by atoms with Gasteiger partial charge in [-0.05, 0) is 50.3 Å². The zero-order valence-electron chi connectivity index (χ0n) is 20.7. The van der Waals surface area contributed by atoms with Gasteiger partial charge < -0.3 is 9.42 Å². The van der Waals surface area contributed by atoms with Gasteiger partial charge in [0.25, 0.3) is 5.69 Å². The fourth-order valence-electron chi connectivity index (χ4n) is 4.56. The Morgan fingerprint density at radius 3 is 2.54 bits per heavy atom. The van der Waals surface area contributed by atoms with Crippen molar-refractivity contribution < 1.29 is 22.6 Å². The maximum atomic E-state index is 13.0. The molecule has 4 rings (SSSR count). The van der Waals surface area contributed by atoms with Gasteiger partial charge in [-0.25, -0.2) is 0 Å². The third-order valence-electron chi connectivity index (χ3n) is 6.62. The predicted molar refractivity (Wildman–Crippen MR) is 134 cm³/mol. The summed E-state index contributed by atoms with van der Waals surface area (Å²) in [4.78, 5) is 17.4. The minimum absolute atomic E-state index is 0.0112. The summed E-state index contributed by atoms with van der Waals surface area (Å²) in [7, 11) is 0. The molecule has 1 aliphatic rings. The summed E-state index contributed by atoms with van der Waals surface area (Å²) in [6, 6.07) is 13.7. The van der Waals surface area contributed by atoms with Crippen molar-refractivity contribution in [2.24, 2.45) is 0 Å². The fourth-order valence-corrected chi connectivity index (χ4v) is 4.56. The first-order chi connectivity index (χ1) is 17.7. The van der Waals surface area contributed by atoms with E-state index >= 15 is 0 Å². The van der Waals surface area contributed by atoms with Gasteiger partial charge in [-0.1, -0.05) is 30.3 Å². The van der Waals surface area contributed by atoms with Crippen LogP contribution < -0.4 is 4.90 Å². The second kappa shape index (κ2) is 11.7. The highest BCUT2D eigenvalue weighted by molar-refractivity contribution is 5.70. The highest BCUT2D eigenvalue weighted by Crippen LogP contribution is 2.32. The number of aromatic nitrogens is 1. The largest absolute Gasteiger partial charge is 0.416 e. The lowest BCUT2D eigenvalue weighted by Gasteiger charge is -2.36. The molecular formula is C26H30F3N5O3. The Kier molecular flexibility index (Phi) is 8.45. The summed E-state index contributed by atoms with van der Waals surface area (Å²) >= 11 is 0. The highest BCUT2D eigenvalue weighted by atomic mass is 19.4. The number of piperazine rings is 1. The summed E-state index contributed by atoms with van der Waals surface area (Å²) in [6.45, 7) is 8.12. The molecule has 0 bridgehead atoms. The molecule has 1 aliphatic heterocycles. The molecule has 2 heterocycles. The Morgan fingerprint density at radius 1 is 1.08 bits per heavy atom. The van der Waals surface area contributed by atoms with Crippen molar-refractivity contribution >= 4 is 11.4 Å². The molecule has 8 nitrogen and oxygen atoms in total. The number of nitro groups is 1. The number of nitrogens with zero attached hydrogens (tertiary/aromatic N) is 5. The summed E-state index contributed by atoms with van der Waals surface area (Å²) in [6.07, 6.45) is -3.40. The lowest BCUT2D eigenvalue weighted by atomic mass is 10.1. The number of nitro benzene ring substituents is 1. The molecule has 0 unspecified atom stereocenters. The molecule has 37 heavy (non-hydrogen) atoms. The molecule has 2 aromatic carbocycles. The van der Waals surface area contributed by atoms with E-state index in [-0.39, 0.29) is 5.69 Å². The molecule has 0 aliphatic carbocycles. The topological polar surface area (TPSA) is 78.9 Å². The van der Waals surface area contributed by atoms with Gasteiger partial charge in [0.2, 0.25) is 0 Å². The van der Waals surface area contributed by atoms with Crippen molar-refractivity contribution in [1.82, 2.24) is 15.0 Å². The van der Waals surface area contributed by atoms with E-state index in [0.29, 0.717) is 42.3 Å². The van der Waals surface area contributed by atoms with Crippen molar-refractivity contribution in [3.8, 4) is 11.3 Å². The van der Waals surface area contributed by atoms with E-state index in [4.69, 9.17) is 4.52 Å². The van der Waals surface area contributed by atoms with E-state index in [9.17, 15) is 23.3 Å². The average Bonchev–Trinajstić information content (AvgIpc) is 3.36. The van der Waals surface area contributed by atoms with Crippen molar-refractivity contribution in [1.29, 1.82) is 0 Å². The monoisotopic (exact) mass is 517 g/mol. The minimum atomic E-state index is -4.34. The molecule has 0 N–H and O–H groups in total. The summed E-state index contributed by atoms with van der Waals surface area (Å²) in [5, 5.41) is 15.3. The number of benzene rings is 2. The molecule has 3 aromatic rings. The van der Waals surface area contributed by atoms with E-state index in [2.05, 4.69) is 21.9 Å². The van der Waals surface area contributed by atoms with Crippen LogP contribution in [0.1, 0.15) is 24.7 Å². The maximum absolute atomic E-state index is 13.0. The number of halogens is 3. The molecule has 0 atom stereocenters. The molecule has 0 spiro atoms. The van der Waals surface area contributed by atoms with Crippen LogP contribution in [0.15, 0.2) is 59.1 Å². The van der Waals surface area contributed by atoms with Crippen LogP contribution in [0.2, 0.25) is 0 Å². The standard InChI is InChI=1S/C26H30F3N5O3/c1-2-31(19-22-18-24(30-37-22)23-9-3-4-10-25(23)34(35)36)11-6-12-32-13-15-33(16-14-32)21-8-5-7-20(17-21)26(27,28)29/h3-5,7-10,17-18H,2,6,11-16,19H2,1H3. The third kappa shape index (κ3) is 6.86. The Labute approximate surface area is 213 Å². The lowest BCUT2D eigenvalue weighted by Crippen LogP contribution is -2.47. The molecule has 0 radical (unpaired) electrons. The zero-order valence-corrected chi connectivity index (χ0v) is 20.7. The SMILES string of the molecule is CCN(CCCN1CCN(c2cccc(C(F)(F)F)c2)CC1)Cc1cc(-c2ccccc2[N+](=O)[O-])no1. The van der Waals surface area contributed by atoms with Crippen LogP contribution in [0.5, 0.6) is 0 Å². The molecular weight excluding hydrogens is 487 g/mol. The smallest absolute Gasteiger partial charge is 0.369 e. The Balaban J connectivity index is 1.24. The molecule has 11 heteroatoms. The highest BCUT2D eigenvalue weighted by Gasteiger charge is 2.31. The second-order valence-corrected chi connectivity index (χ2v) is 9.05. The normalized spacial score (nSPS) is 14.9. The lowest BCUT2D eigenvalue weighted by molar-refractivity contribution is -0.384. The molecule has 1 aromatic heterocycles. The number of anilines is 1.